The molecule has 25 heavy (non-hydrogen) atoms. The van der Waals surface area contributed by atoms with Crippen LogP contribution in [0.3, 0.4) is 0 Å². The molecule has 3 aromatic rings. The molecule has 1 atom stereocenters. The zero-order valence-electron chi connectivity index (χ0n) is 14.6. The van der Waals surface area contributed by atoms with Crippen LogP contribution >= 0.6 is 0 Å². The van der Waals surface area contributed by atoms with Crippen LogP contribution in [0.25, 0.3) is 0 Å². The summed E-state index contributed by atoms with van der Waals surface area (Å²) in [6.45, 7) is 2.70. The summed E-state index contributed by atoms with van der Waals surface area (Å²) in [6, 6.07) is 23.8. The van der Waals surface area contributed by atoms with Gasteiger partial charge in [-0.15, -0.1) is 0 Å². The number of hydrogen-bond donors (Lipinski definition) is 2. The van der Waals surface area contributed by atoms with Crippen molar-refractivity contribution in [1.82, 2.24) is 0 Å². The summed E-state index contributed by atoms with van der Waals surface area (Å²) in [7, 11) is 1.66. The second-order valence-electron chi connectivity index (χ2n) is 6.05. The lowest BCUT2D eigenvalue weighted by molar-refractivity contribution is 0.220. The summed E-state index contributed by atoms with van der Waals surface area (Å²) in [5.74, 6) is 0.846. The number of aryl methyl sites for hydroxylation is 1. The van der Waals surface area contributed by atoms with Crippen molar-refractivity contribution in [3.63, 3.8) is 0 Å². The number of para-hydroxylation sites is 1. The highest BCUT2D eigenvalue weighted by molar-refractivity contribution is 5.55. The van der Waals surface area contributed by atoms with Crippen molar-refractivity contribution in [2.45, 2.75) is 19.6 Å². The molecule has 2 N–H and O–H groups in total. The monoisotopic (exact) mass is 333 g/mol. The van der Waals surface area contributed by atoms with Crippen molar-refractivity contribution in [2.75, 3.05) is 12.4 Å². The number of hydrogen-bond acceptors (Lipinski definition) is 3. The number of benzene rings is 3. The molecule has 3 heteroatoms. The van der Waals surface area contributed by atoms with Crippen molar-refractivity contribution in [3.8, 4) is 5.75 Å². The molecule has 0 spiro atoms. The molecule has 3 nitrogen and oxygen atoms in total. The number of methoxy groups -OCH3 is 1. The Hall–Kier alpha value is -2.78. The standard InChI is InChI=1S/C22H23NO2/c1-16-7-3-4-8-19(16)22(24)20-9-5-6-10-21(20)23-15-17-11-13-18(25-2)14-12-17/h3-14,22-24H,15H2,1-2H3. The van der Waals surface area contributed by atoms with Crippen LogP contribution in [0.2, 0.25) is 0 Å². The second kappa shape index (κ2) is 7.86. The highest BCUT2D eigenvalue weighted by Crippen LogP contribution is 2.30. The Balaban J connectivity index is 1.79. The van der Waals surface area contributed by atoms with Crippen LogP contribution in [-0.2, 0) is 6.54 Å². The lowest BCUT2D eigenvalue weighted by atomic mass is 9.96. The molecule has 0 heterocycles. The molecule has 128 valence electrons. The number of aliphatic hydroxyl groups is 1. The number of anilines is 1. The predicted octanol–water partition coefficient (Wildman–Crippen LogP) is 4.70. The smallest absolute Gasteiger partial charge is 0.118 e. The Morgan fingerprint density at radius 2 is 1.52 bits per heavy atom. The largest absolute Gasteiger partial charge is 0.497 e. The van der Waals surface area contributed by atoms with Crippen molar-refractivity contribution in [3.05, 3.63) is 95.1 Å². The summed E-state index contributed by atoms with van der Waals surface area (Å²) >= 11 is 0. The van der Waals surface area contributed by atoms with Gasteiger partial charge in [0, 0.05) is 17.8 Å². The third kappa shape index (κ3) is 4.01. The molecular formula is C22H23NO2. The minimum absolute atomic E-state index is 0.652. The molecule has 0 aliphatic rings. The first-order chi connectivity index (χ1) is 12.2. The van der Waals surface area contributed by atoms with Gasteiger partial charge in [0.25, 0.3) is 0 Å². The molecule has 0 aromatic heterocycles. The summed E-state index contributed by atoms with van der Waals surface area (Å²) in [5.41, 5.74) is 4.99. The SMILES string of the molecule is COc1ccc(CNc2ccccc2C(O)c2ccccc2C)cc1. The van der Waals surface area contributed by atoms with Gasteiger partial charge in [0.1, 0.15) is 11.9 Å². The zero-order valence-corrected chi connectivity index (χ0v) is 14.6. The van der Waals surface area contributed by atoms with E-state index in [9.17, 15) is 5.11 Å². The first-order valence-electron chi connectivity index (χ1n) is 8.38. The Morgan fingerprint density at radius 3 is 2.20 bits per heavy atom. The van der Waals surface area contributed by atoms with Gasteiger partial charge in [-0.2, -0.15) is 0 Å². The van der Waals surface area contributed by atoms with E-state index in [0.29, 0.717) is 6.54 Å². The fraction of sp³-hybridized carbons (Fsp3) is 0.182. The van der Waals surface area contributed by atoms with Gasteiger partial charge in [-0.3, -0.25) is 0 Å². The second-order valence-corrected chi connectivity index (χ2v) is 6.05. The van der Waals surface area contributed by atoms with E-state index in [1.54, 1.807) is 7.11 Å². The first-order valence-corrected chi connectivity index (χ1v) is 8.38. The minimum atomic E-state index is -0.652. The van der Waals surface area contributed by atoms with Gasteiger partial charge in [-0.05, 0) is 41.8 Å². The third-order valence-corrected chi connectivity index (χ3v) is 4.38. The van der Waals surface area contributed by atoms with Gasteiger partial charge in [-0.25, -0.2) is 0 Å². The maximum atomic E-state index is 10.9. The van der Waals surface area contributed by atoms with Gasteiger partial charge in [0.15, 0.2) is 0 Å². The van der Waals surface area contributed by atoms with E-state index in [0.717, 1.165) is 33.7 Å². The Labute approximate surface area is 148 Å². The third-order valence-electron chi connectivity index (χ3n) is 4.38. The Kier molecular flexibility index (Phi) is 5.36. The lowest BCUT2D eigenvalue weighted by Crippen LogP contribution is -2.07. The normalized spacial score (nSPS) is 11.8. The topological polar surface area (TPSA) is 41.5 Å². The van der Waals surface area contributed by atoms with Crippen LogP contribution in [-0.4, -0.2) is 12.2 Å². The molecule has 0 saturated carbocycles. The van der Waals surface area contributed by atoms with E-state index >= 15 is 0 Å². The number of nitrogens with one attached hydrogen (secondary N) is 1. The maximum absolute atomic E-state index is 10.9. The molecule has 3 aromatic carbocycles. The van der Waals surface area contributed by atoms with Crippen molar-refractivity contribution < 1.29 is 9.84 Å². The van der Waals surface area contributed by atoms with Crippen molar-refractivity contribution in [2.24, 2.45) is 0 Å². The average molecular weight is 333 g/mol. The van der Waals surface area contributed by atoms with Crippen molar-refractivity contribution in [1.29, 1.82) is 0 Å². The molecule has 0 bridgehead atoms. The van der Waals surface area contributed by atoms with Crippen LogP contribution in [0.1, 0.15) is 28.4 Å². The van der Waals surface area contributed by atoms with Gasteiger partial charge in [0.05, 0.1) is 7.11 Å². The molecular weight excluding hydrogens is 310 g/mol. The van der Waals surface area contributed by atoms with E-state index < -0.39 is 6.10 Å². The van der Waals surface area contributed by atoms with Crippen LogP contribution in [0.5, 0.6) is 5.75 Å². The quantitative estimate of drug-likeness (QED) is 0.687. The number of rotatable bonds is 6. The van der Waals surface area contributed by atoms with Gasteiger partial charge in [0.2, 0.25) is 0 Å². The van der Waals surface area contributed by atoms with Gasteiger partial charge >= 0.3 is 0 Å². The van der Waals surface area contributed by atoms with Crippen LogP contribution < -0.4 is 10.1 Å². The molecule has 0 radical (unpaired) electrons. The predicted molar refractivity (Wildman–Crippen MR) is 102 cm³/mol. The molecule has 0 aliphatic heterocycles. The van der Waals surface area contributed by atoms with E-state index in [-0.39, 0.29) is 0 Å². The van der Waals surface area contributed by atoms with Gasteiger partial charge in [-0.1, -0.05) is 54.6 Å². The highest BCUT2D eigenvalue weighted by atomic mass is 16.5. The zero-order chi connectivity index (χ0) is 17.6. The summed E-state index contributed by atoms with van der Waals surface area (Å²) in [6.07, 6.45) is -0.652. The summed E-state index contributed by atoms with van der Waals surface area (Å²) in [4.78, 5) is 0. The van der Waals surface area contributed by atoms with E-state index in [4.69, 9.17) is 4.74 Å². The minimum Gasteiger partial charge on any atom is -0.497 e. The molecule has 0 fully saturated rings. The first kappa shape index (κ1) is 17.1. The molecule has 0 aliphatic carbocycles. The average Bonchev–Trinajstić information content (AvgIpc) is 2.67. The van der Waals surface area contributed by atoms with Crippen LogP contribution in [0.15, 0.2) is 72.8 Å². The van der Waals surface area contributed by atoms with Crippen LogP contribution in [0, 0.1) is 6.92 Å². The van der Waals surface area contributed by atoms with E-state index in [1.807, 2.05) is 79.7 Å². The van der Waals surface area contributed by atoms with Crippen molar-refractivity contribution >= 4 is 5.69 Å². The fourth-order valence-electron chi connectivity index (χ4n) is 2.90. The lowest BCUT2D eigenvalue weighted by Gasteiger charge is -2.19. The number of aliphatic hydroxyl groups excluding tert-OH is 1. The molecule has 3 rings (SSSR count). The molecule has 0 amide bonds. The van der Waals surface area contributed by atoms with E-state index in [1.165, 1.54) is 0 Å². The summed E-state index contributed by atoms with van der Waals surface area (Å²) in [5, 5.41) is 14.3. The summed E-state index contributed by atoms with van der Waals surface area (Å²) < 4.78 is 5.19. The molecule has 1 unspecified atom stereocenters. The Morgan fingerprint density at radius 1 is 0.880 bits per heavy atom. The Bertz CT molecular complexity index is 827. The molecule has 0 saturated heterocycles. The van der Waals surface area contributed by atoms with Crippen LogP contribution in [0.4, 0.5) is 5.69 Å². The maximum Gasteiger partial charge on any atom is 0.118 e. The highest BCUT2D eigenvalue weighted by Gasteiger charge is 2.15. The fourth-order valence-corrected chi connectivity index (χ4v) is 2.90. The van der Waals surface area contributed by atoms with Gasteiger partial charge < -0.3 is 15.2 Å². The number of ether oxygens (including phenoxy) is 1. The van der Waals surface area contributed by atoms with E-state index in [2.05, 4.69) is 5.32 Å².